The minimum atomic E-state index is 0.301. The maximum Gasteiger partial charge on any atom is 0.123 e. The highest BCUT2D eigenvalue weighted by Crippen LogP contribution is 2.28. The lowest BCUT2D eigenvalue weighted by molar-refractivity contribution is 0.385. The summed E-state index contributed by atoms with van der Waals surface area (Å²) in [5.41, 5.74) is 6.87. The van der Waals surface area contributed by atoms with Gasteiger partial charge in [0.05, 0.1) is 7.11 Å². The summed E-state index contributed by atoms with van der Waals surface area (Å²) in [7, 11) is 3.68. The van der Waals surface area contributed by atoms with E-state index in [9.17, 15) is 0 Å². The number of para-hydroxylation sites is 1. The van der Waals surface area contributed by atoms with Gasteiger partial charge in [-0.05, 0) is 32.0 Å². The van der Waals surface area contributed by atoms with Crippen LogP contribution in [0.2, 0.25) is 0 Å². The maximum absolute atomic E-state index is 5.66. The van der Waals surface area contributed by atoms with Crippen LogP contribution in [0.5, 0.6) is 5.75 Å². The number of methoxy groups -OCH3 is 1. The number of rotatable bonds is 6. The van der Waals surface area contributed by atoms with E-state index in [1.165, 1.54) is 5.56 Å². The van der Waals surface area contributed by atoms with E-state index in [2.05, 4.69) is 18.3 Å². The van der Waals surface area contributed by atoms with Gasteiger partial charge in [-0.3, -0.25) is 0 Å². The molecule has 2 atom stereocenters. The molecule has 1 rings (SSSR count). The summed E-state index contributed by atoms with van der Waals surface area (Å²) in [5, 5.41) is 3.32. The Bertz CT molecular complexity index is 315. The third kappa shape index (κ3) is 3.22. The summed E-state index contributed by atoms with van der Waals surface area (Å²) in [6, 6.07) is 8.42. The van der Waals surface area contributed by atoms with Gasteiger partial charge >= 0.3 is 0 Å². The van der Waals surface area contributed by atoms with Crippen molar-refractivity contribution >= 4 is 0 Å². The average molecular weight is 222 g/mol. The van der Waals surface area contributed by atoms with E-state index >= 15 is 0 Å². The van der Waals surface area contributed by atoms with Crippen molar-refractivity contribution in [3.63, 3.8) is 0 Å². The zero-order valence-electron chi connectivity index (χ0n) is 10.4. The molecule has 0 bridgehead atoms. The molecular formula is C13H22N2O. The van der Waals surface area contributed by atoms with Crippen molar-refractivity contribution in [2.75, 3.05) is 20.7 Å². The van der Waals surface area contributed by atoms with Crippen molar-refractivity contribution < 1.29 is 4.74 Å². The predicted molar refractivity (Wildman–Crippen MR) is 67.6 cm³/mol. The van der Waals surface area contributed by atoms with Gasteiger partial charge in [0.15, 0.2) is 0 Å². The highest BCUT2D eigenvalue weighted by Gasteiger charge is 2.16. The molecule has 16 heavy (non-hydrogen) atoms. The van der Waals surface area contributed by atoms with E-state index < -0.39 is 0 Å². The molecule has 3 heteroatoms. The molecule has 0 aliphatic heterocycles. The molecule has 0 radical (unpaired) electrons. The van der Waals surface area contributed by atoms with E-state index in [-0.39, 0.29) is 0 Å². The molecule has 0 aromatic heterocycles. The predicted octanol–water partition coefficient (Wildman–Crippen LogP) is 1.94. The average Bonchev–Trinajstić information content (AvgIpc) is 2.35. The Kier molecular flexibility index (Phi) is 5.29. The van der Waals surface area contributed by atoms with E-state index in [4.69, 9.17) is 10.5 Å². The summed E-state index contributed by atoms with van der Waals surface area (Å²) in [6.07, 6.45) is 1.02. The number of nitrogens with two attached hydrogens (primary N) is 1. The van der Waals surface area contributed by atoms with Crippen molar-refractivity contribution in [3.8, 4) is 5.75 Å². The molecule has 1 aromatic rings. The van der Waals surface area contributed by atoms with Gasteiger partial charge in [-0.2, -0.15) is 0 Å². The van der Waals surface area contributed by atoms with Gasteiger partial charge in [-0.1, -0.05) is 25.1 Å². The fourth-order valence-electron chi connectivity index (χ4n) is 1.85. The van der Waals surface area contributed by atoms with Gasteiger partial charge in [-0.25, -0.2) is 0 Å². The Morgan fingerprint density at radius 3 is 2.62 bits per heavy atom. The fourth-order valence-corrected chi connectivity index (χ4v) is 1.85. The number of hydrogen-bond acceptors (Lipinski definition) is 3. The summed E-state index contributed by atoms with van der Waals surface area (Å²) >= 11 is 0. The molecule has 0 spiro atoms. The molecule has 0 aliphatic rings. The molecule has 0 saturated carbocycles. The Morgan fingerprint density at radius 2 is 2.06 bits per heavy atom. The summed E-state index contributed by atoms with van der Waals surface area (Å²) in [4.78, 5) is 0. The molecule has 90 valence electrons. The lowest BCUT2D eigenvalue weighted by atomic mass is 9.95. The monoisotopic (exact) mass is 222 g/mol. The van der Waals surface area contributed by atoms with Crippen molar-refractivity contribution in [2.45, 2.75) is 19.4 Å². The first-order chi connectivity index (χ1) is 7.72. The van der Waals surface area contributed by atoms with Gasteiger partial charge in [0, 0.05) is 11.6 Å². The smallest absolute Gasteiger partial charge is 0.123 e. The van der Waals surface area contributed by atoms with E-state index in [1.807, 2.05) is 25.2 Å². The Morgan fingerprint density at radius 1 is 1.38 bits per heavy atom. The van der Waals surface area contributed by atoms with Crippen molar-refractivity contribution in [1.29, 1.82) is 0 Å². The van der Waals surface area contributed by atoms with Crippen LogP contribution in [0.15, 0.2) is 24.3 Å². The van der Waals surface area contributed by atoms with Crippen molar-refractivity contribution in [1.82, 2.24) is 5.32 Å². The van der Waals surface area contributed by atoms with Crippen LogP contribution in [-0.4, -0.2) is 20.7 Å². The van der Waals surface area contributed by atoms with Crippen LogP contribution in [0.3, 0.4) is 0 Å². The summed E-state index contributed by atoms with van der Waals surface area (Å²) < 4.78 is 5.37. The zero-order valence-corrected chi connectivity index (χ0v) is 10.4. The van der Waals surface area contributed by atoms with Crippen LogP contribution in [0.1, 0.15) is 24.9 Å². The lowest BCUT2D eigenvalue weighted by Gasteiger charge is -2.22. The molecule has 3 N–H and O–H groups in total. The Hall–Kier alpha value is -1.06. The fraction of sp³-hybridized carbons (Fsp3) is 0.538. The van der Waals surface area contributed by atoms with Crippen LogP contribution < -0.4 is 15.8 Å². The minimum Gasteiger partial charge on any atom is -0.496 e. The number of benzene rings is 1. The third-order valence-electron chi connectivity index (χ3n) is 2.90. The first kappa shape index (κ1) is 13.0. The van der Waals surface area contributed by atoms with E-state index in [1.54, 1.807) is 7.11 Å². The normalized spacial score (nSPS) is 14.5. The molecule has 0 heterocycles. The van der Waals surface area contributed by atoms with Crippen LogP contribution in [0.25, 0.3) is 0 Å². The Labute approximate surface area is 98.0 Å². The largest absolute Gasteiger partial charge is 0.496 e. The molecule has 0 fully saturated rings. The number of hydrogen-bond donors (Lipinski definition) is 2. The number of nitrogens with one attached hydrogen (secondary N) is 1. The second-order valence-electron chi connectivity index (χ2n) is 4.16. The van der Waals surface area contributed by atoms with Gasteiger partial charge in [-0.15, -0.1) is 0 Å². The summed E-state index contributed by atoms with van der Waals surface area (Å²) in [6.45, 7) is 2.88. The standard InChI is InChI=1S/C13H22N2O/c1-10(9-14)8-12(15-2)11-6-4-5-7-13(11)16-3/h4-7,10,12,15H,8-9,14H2,1-3H3. The topological polar surface area (TPSA) is 47.3 Å². The first-order valence-electron chi connectivity index (χ1n) is 5.73. The van der Waals surface area contributed by atoms with Gasteiger partial charge < -0.3 is 15.8 Å². The highest BCUT2D eigenvalue weighted by atomic mass is 16.5. The second kappa shape index (κ2) is 6.51. The van der Waals surface area contributed by atoms with Crippen LogP contribution in [0.4, 0.5) is 0 Å². The minimum absolute atomic E-state index is 0.301. The van der Waals surface area contributed by atoms with Gasteiger partial charge in [0.1, 0.15) is 5.75 Å². The quantitative estimate of drug-likeness (QED) is 0.773. The van der Waals surface area contributed by atoms with Crippen LogP contribution in [-0.2, 0) is 0 Å². The number of ether oxygens (including phenoxy) is 1. The maximum atomic E-state index is 5.66. The highest BCUT2D eigenvalue weighted by molar-refractivity contribution is 5.35. The summed E-state index contributed by atoms with van der Waals surface area (Å²) in [5.74, 6) is 1.44. The van der Waals surface area contributed by atoms with Crippen LogP contribution in [0, 0.1) is 5.92 Å². The van der Waals surface area contributed by atoms with Crippen molar-refractivity contribution in [3.05, 3.63) is 29.8 Å². The second-order valence-corrected chi connectivity index (χ2v) is 4.16. The molecule has 0 amide bonds. The SMILES string of the molecule is CNC(CC(C)CN)c1ccccc1OC. The lowest BCUT2D eigenvalue weighted by Crippen LogP contribution is -2.22. The van der Waals surface area contributed by atoms with E-state index in [0.717, 1.165) is 12.2 Å². The molecule has 0 aliphatic carbocycles. The van der Waals surface area contributed by atoms with Crippen molar-refractivity contribution in [2.24, 2.45) is 11.7 Å². The van der Waals surface area contributed by atoms with E-state index in [0.29, 0.717) is 18.5 Å². The molecule has 0 saturated heterocycles. The third-order valence-corrected chi connectivity index (χ3v) is 2.90. The molecule has 2 unspecified atom stereocenters. The van der Waals surface area contributed by atoms with Gasteiger partial charge in [0.2, 0.25) is 0 Å². The molecule has 3 nitrogen and oxygen atoms in total. The zero-order chi connectivity index (χ0) is 12.0. The first-order valence-corrected chi connectivity index (χ1v) is 5.73. The molecule has 1 aromatic carbocycles. The van der Waals surface area contributed by atoms with Gasteiger partial charge in [0.25, 0.3) is 0 Å². The van der Waals surface area contributed by atoms with Crippen LogP contribution >= 0.6 is 0 Å². The molecular weight excluding hydrogens is 200 g/mol. The Balaban J connectivity index is 2.85.